The largest absolute Gasteiger partial charge is 0.312 e. The molecule has 3 rings (SSSR count). The van der Waals surface area contributed by atoms with E-state index in [2.05, 4.69) is 55.4 Å². The average molecular weight is 272 g/mol. The van der Waals surface area contributed by atoms with Crippen LogP contribution in [0.5, 0.6) is 0 Å². The van der Waals surface area contributed by atoms with E-state index in [0.29, 0.717) is 17.5 Å². The van der Waals surface area contributed by atoms with Crippen LogP contribution in [0, 0.1) is 5.41 Å². The number of hydrogen-bond donors (Lipinski definition) is 1. The van der Waals surface area contributed by atoms with Crippen molar-refractivity contribution in [2.75, 3.05) is 20.1 Å². The number of hydrogen-bond acceptors (Lipinski definition) is 2. The Morgan fingerprint density at radius 2 is 2.05 bits per heavy atom. The number of rotatable bonds is 2. The fraction of sp³-hybridized carbons (Fsp3) is 0.667. The summed E-state index contributed by atoms with van der Waals surface area (Å²) in [5.41, 5.74) is 3.57. The Morgan fingerprint density at radius 1 is 1.25 bits per heavy atom. The summed E-state index contributed by atoms with van der Waals surface area (Å²) in [7, 11) is 2.13. The number of nitrogens with zero attached hydrogens (tertiary/aromatic N) is 1. The molecule has 2 nitrogen and oxygen atoms in total. The van der Waals surface area contributed by atoms with Gasteiger partial charge in [-0.15, -0.1) is 0 Å². The molecule has 1 aliphatic carbocycles. The molecular weight excluding hydrogens is 244 g/mol. The molecule has 0 radical (unpaired) electrons. The van der Waals surface area contributed by atoms with Crippen molar-refractivity contribution in [3.63, 3.8) is 0 Å². The highest BCUT2D eigenvalue weighted by molar-refractivity contribution is 5.32. The van der Waals surface area contributed by atoms with Crippen LogP contribution >= 0.6 is 0 Å². The lowest BCUT2D eigenvalue weighted by Gasteiger charge is -2.35. The molecule has 2 unspecified atom stereocenters. The molecule has 1 heterocycles. The van der Waals surface area contributed by atoms with Crippen LogP contribution in [0.25, 0.3) is 0 Å². The normalized spacial score (nSPS) is 29.9. The molecule has 1 aliphatic heterocycles. The van der Waals surface area contributed by atoms with Gasteiger partial charge >= 0.3 is 0 Å². The molecule has 2 heteroatoms. The second-order valence-corrected chi connectivity index (χ2v) is 7.31. The van der Waals surface area contributed by atoms with E-state index >= 15 is 0 Å². The summed E-state index contributed by atoms with van der Waals surface area (Å²) < 4.78 is 0. The zero-order valence-electron chi connectivity index (χ0n) is 13.2. The van der Waals surface area contributed by atoms with Crippen molar-refractivity contribution in [3.8, 4) is 0 Å². The Balaban J connectivity index is 1.88. The quantitative estimate of drug-likeness (QED) is 0.830. The lowest BCUT2D eigenvalue weighted by atomic mass is 9.92. The number of fused-ring (bicyclic) bond motifs is 1. The van der Waals surface area contributed by atoms with E-state index < -0.39 is 0 Å². The SMILES string of the molecule is CNC1c2ccccc2CCCC1N1CCC(C)(C)C1. The van der Waals surface area contributed by atoms with Crippen molar-refractivity contribution in [3.05, 3.63) is 35.4 Å². The van der Waals surface area contributed by atoms with Gasteiger partial charge in [-0.2, -0.15) is 0 Å². The highest BCUT2D eigenvalue weighted by atomic mass is 15.2. The molecular formula is C18H28N2. The zero-order valence-corrected chi connectivity index (χ0v) is 13.2. The van der Waals surface area contributed by atoms with Crippen LogP contribution in [0.2, 0.25) is 0 Å². The van der Waals surface area contributed by atoms with Gasteiger partial charge in [-0.25, -0.2) is 0 Å². The van der Waals surface area contributed by atoms with E-state index in [4.69, 9.17) is 0 Å². The summed E-state index contributed by atoms with van der Waals surface area (Å²) in [6, 6.07) is 10.2. The Hall–Kier alpha value is -0.860. The fourth-order valence-electron chi connectivity index (χ4n) is 4.12. The monoisotopic (exact) mass is 272 g/mol. The maximum absolute atomic E-state index is 3.61. The third kappa shape index (κ3) is 2.64. The summed E-state index contributed by atoms with van der Waals surface area (Å²) in [4.78, 5) is 2.74. The van der Waals surface area contributed by atoms with E-state index in [1.807, 2.05) is 0 Å². The summed E-state index contributed by atoms with van der Waals surface area (Å²) in [5.74, 6) is 0. The Bertz CT molecular complexity index is 466. The maximum Gasteiger partial charge on any atom is 0.0478 e. The van der Waals surface area contributed by atoms with E-state index in [9.17, 15) is 0 Å². The standard InChI is InChI=1S/C18H28N2/c1-18(2)11-12-20(13-18)16-10-6-8-14-7-4-5-9-15(14)17(16)19-3/h4-5,7,9,16-17,19H,6,8,10-13H2,1-3H3. The Kier molecular flexibility index (Phi) is 3.87. The third-order valence-electron chi connectivity index (χ3n) is 5.21. The van der Waals surface area contributed by atoms with Crippen LogP contribution in [0.15, 0.2) is 24.3 Å². The minimum Gasteiger partial charge on any atom is -0.312 e. The van der Waals surface area contributed by atoms with Gasteiger partial charge in [0.05, 0.1) is 0 Å². The zero-order chi connectivity index (χ0) is 14.2. The molecule has 1 aromatic rings. The van der Waals surface area contributed by atoms with Crippen LogP contribution in [0.1, 0.15) is 50.3 Å². The van der Waals surface area contributed by atoms with Crippen LogP contribution in [-0.4, -0.2) is 31.1 Å². The molecule has 0 saturated carbocycles. The summed E-state index contributed by atoms with van der Waals surface area (Å²) in [5, 5.41) is 3.61. The van der Waals surface area contributed by atoms with Crippen molar-refractivity contribution in [2.24, 2.45) is 5.41 Å². The minimum absolute atomic E-state index is 0.489. The van der Waals surface area contributed by atoms with Gasteiger partial charge in [-0.05, 0) is 55.8 Å². The number of nitrogens with one attached hydrogen (secondary N) is 1. The van der Waals surface area contributed by atoms with Gasteiger partial charge in [0.1, 0.15) is 0 Å². The third-order valence-corrected chi connectivity index (χ3v) is 5.21. The maximum atomic E-state index is 3.61. The molecule has 0 bridgehead atoms. The van der Waals surface area contributed by atoms with E-state index in [1.54, 1.807) is 5.56 Å². The Labute approximate surface area is 123 Å². The van der Waals surface area contributed by atoms with Crippen LogP contribution in [-0.2, 0) is 6.42 Å². The number of likely N-dealkylation sites (N-methyl/N-ethyl adjacent to an activating group) is 1. The van der Waals surface area contributed by atoms with Crippen molar-refractivity contribution in [1.82, 2.24) is 10.2 Å². The Morgan fingerprint density at radius 3 is 2.75 bits per heavy atom. The van der Waals surface area contributed by atoms with Crippen LogP contribution < -0.4 is 5.32 Å². The first-order chi connectivity index (χ1) is 9.61. The summed E-state index contributed by atoms with van der Waals surface area (Å²) >= 11 is 0. The van der Waals surface area contributed by atoms with Gasteiger partial charge in [0.25, 0.3) is 0 Å². The first kappa shape index (κ1) is 14.1. The number of benzene rings is 1. The topological polar surface area (TPSA) is 15.3 Å². The molecule has 0 aromatic heterocycles. The highest BCUT2D eigenvalue weighted by Gasteiger charge is 2.37. The van der Waals surface area contributed by atoms with Gasteiger partial charge in [0, 0.05) is 18.6 Å². The second kappa shape index (κ2) is 5.50. The van der Waals surface area contributed by atoms with E-state index in [-0.39, 0.29) is 0 Å². The average Bonchev–Trinajstić information content (AvgIpc) is 2.69. The van der Waals surface area contributed by atoms with Gasteiger partial charge < -0.3 is 5.32 Å². The fourth-order valence-corrected chi connectivity index (χ4v) is 4.12. The van der Waals surface area contributed by atoms with Crippen molar-refractivity contribution >= 4 is 0 Å². The predicted molar refractivity (Wildman–Crippen MR) is 84.9 cm³/mol. The van der Waals surface area contributed by atoms with Crippen molar-refractivity contribution in [1.29, 1.82) is 0 Å². The van der Waals surface area contributed by atoms with E-state index in [1.165, 1.54) is 44.3 Å². The molecule has 0 amide bonds. The van der Waals surface area contributed by atoms with Crippen molar-refractivity contribution < 1.29 is 0 Å². The summed E-state index contributed by atoms with van der Waals surface area (Å²) in [6.07, 6.45) is 5.21. The highest BCUT2D eigenvalue weighted by Crippen LogP contribution is 2.37. The molecule has 2 atom stereocenters. The van der Waals surface area contributed by atoms with Crippen molar-refractivity contribution in [2.45, 2.75) is 51.6 Å². The first-order valence-electron chi connectivity index (χ1n) is 8.10. The van der Waals surface area contributed by atoms with Crippen LogP contribution in [0.4, 0.5) is 0 Å². The molecule has 1 aromatic carbocycles. The molecule has 1 N–H and O–H groups in total. The molecule has 2 aliphatic rings. The molecule has 0 spiro atoms. The van der Waals surface area contributed by atoms with Gasteiger partial charge in [-0.1, -0.05) is 38.1 Å². The number of likely N-dealkylation sites (tertiary alicyclic amines) is 1. The second-order valence-electron chi connectivity index (χ2n) is 7.31. The van der Waals surface area contributed by atoms with Gasteiger partial charge in [0.2, 0.25) is 0 Å². The predicted octanol–water partition coefficient (Wildman–Crippen LogP) is 3.38. The van der Waals surface area contributed by atoms with Gasteiger partial charge in [0.15, 0.2) is 0 Å². The smallest absolute Gasteiger partial charge is 0.0478 e. The van der Waals surface area contributed by atoms with Crippen LogP contribution in [0.3, 0.4) is 0 Å². The minimum atomic E-state index is 0.489. The molecule has 20 heavy (non-hydrogen) atoms. The molecule has 1 fully saturated rings. The lowest BCUT2D eigenvalue weighted by Crippen LogP contribution is -2.43. The van der Waals surface area contributed by atoms with E-state index in [0.717, 1.165) is 0 Å². The first-order valence-corrected chi connectivity index (χ1v) is 8.10. The van der Waals surface area contributed by atoms with Gasteiger partial charge in [-0.3, -0.25) is 4.90 Å². The molecule has 110 valence electrons. The lowest BCUT2D eigenvalue weighted by molar-refractivity contribution is 0.169. The summed E-state index contributed by atoms with van der Waals surface area (Å²) in [6.45, 7) is 7.33. The number of aryl methyl sites for hydroxylation is 1. The molecule has 1 saturated heterocycles.